The molecule has 0 aliphatic carbocycles. The van der Waals surface area contributed by atoms with Crippen LogP contribution in [0.2, 0.25) is 0 Å². The fourth-order valence-electron chi connectivity index (χ4n) is 2.60. The van der Waals surface area contributed by atoms with Crippen LogP contribution in [0.3, 0.4) is 0 Å². The topological polar surface area (TPSA) is 98.7 Å². The number of nitrogens with one attached hydrogen (secondary N) is 2. The number of anilines is 1. The molecule has 1 aromatic rings. The standard InChI is InChI=1S/C16H20BrN3O4/c17-12-2-1-3-13(8-12)19-16(24)11-4-6-20(7-5-11)10-14(21)18-9-15(22)23/h1-3,8,11H,4-7,9-10H2,(H,18,21)(H,19,24)(H,22,23). The second kappa shape index (κ2) is 8.79. The van der Waals surface area contributed by atoms with Gasteiger partial charge in [0.1, 0.15) is 6.54 Å². The van der Waals surface area contributed by atoms with Crippen molar-refractivity contribution in [2.45, 2.75) is 12.8 Å². The van der Waals surface area contributed by atoms with Crippen LogP contribution in [-0.2, 0) is 14.4 Å². The van der Waals surface area contributed by atoms with E-state index < -0.39 is 5.97 Å². The molecule has 130 valence electrons. The summed E-state index contributed by atoms with van der Waals surface area (Å²) >= 11 is 3.37. The third-order valence-corrected chi connectivity index (χ3v) is 4.35. The molecule has 0 unspecified atom stereocenters. The number of nitrogens with zero attached hydrogens (tertiary/aromatic N) is 1. The van der Waals surface area contributed by atoms with Gasteiger partial charge in [-0.2, -0.15) is 0 Å². The van der Waals surface area contributed by atoms with Crippen molar-refractivity contribution in [3.8, 4) is 0 Å². The van der Waals surface area contributed by atoms with Crippen LogP contribution in [-0.4, -0.2) is 54.0 Å². The Morgan fingerprint density at radius 3 is 2.58 bits per heavy atom. The van der Waals surface area contributed by atoms with Crippen LogP contribution in [0.4, 0.5) is 5.69 Å². The monoisotopic (exact) mass is 397 g/mol. The van der Waals surface area contributed by atoms with E-state index in [1.165, 1.54) is 0 Å². The Kier molecular flexibility index (Phi) is 6.74. The van der Waals surface area contributed by atoms with Crippen molar-refractivity contribution in [3.05, 3.63) is 28.7 Å². The van der Waals surface area contributed by atoms with E-state index in [1.54, 1.807) is 0 Å². The fraction of sp³-hybridized carbons (Fsp3) is 0.438. The number of benzene rings is 1. The molecule has 1 aromatic carbocycles. The molecule has 1 saturated heterocycles. The van der Waals surface area contributed by atoms with E-state index in [4.69, 9.17) is 5.11 Å². The lowest BCUT2D eigenvalue weighted by Crippen LogP contribution is -2.44. The molecular formula is C16H20BrN3O4. The zero-order valence-corrected chi connectivity index (χ0v) is 14.7. The Hall–Kier alpha value is -1.93. The number of aliphatic carboxylic acids is 1. The van der Waals surface area contributed by atoms with Crippen LogP contribution < -0.4 is 10.6 Å². The van der Waals surface area contributed by atoms with E-state index in [0.717, 1.165) is 10.2 Å². The summed E-state index contributed by atoms with van der Waals surface area (Å²) in [5.74, 6) is -1.47. The second-order valence-electron chi connectivity index (χ2n) is 5.72. The maximum absolute atomic E-state index is 12.3. The lowest BCUT2D eigenvalue weighted by molar-refractivity contribution is -0.138. The van der Waals surface area contributed by atoms with Crippen LogP contribution >= 0.6 is 15.9 Å². The average Bonchev–Trinajstić information content (AvgIpc) is 2.53. The second-order valence-corrected chi connectivity index (χ2v) is 6.64. The fourth-order valence-corrected chi connectivity index (χ4v) is 3.00. The Morgan fingerprint density at radius 1 is 1.25 bits per heavy atom. The summed E-state index contributed by atoms with van der Waals surface area (Å²) in [4.78, 5) is 36.2. The predicted octanol–water partition coefficient (Wildman–Crippen LogP) is 1.30. The minimum absolute atomic E-state index is 0.0110. The number of rotatable bonds is 6. The van der Waals surface area contributed by atoms with E-state index >= 15 is 0 Å². The molecular weight excluding hydrogens is 378 g/mol. The SMILES string of the molecule is O=C(O)CNC(=O)CN1CCC(C(=O)Nc2cccc(Br)c2)CC1. The van der Waals surface area contributed by atoms with Crippen molar-refractivity contribution >= 4 is 39.4 Å². The zero-order valence-electron chi connectivity index (χ0n) is 13.1. The van der Waals surface area contributed by atoms with Gasteiger partial charge >= 0.3 is 5.97 Å². The zero-order chi connectivity index (χ0) is 17.5. The molecule has 0 radical (unpaired) electrons. The average molecular weight is 398 g/mol. The summed E-state index contributed by atoms with van der Waals surface area (Å²) in [6.07, 6.45) is 1.35. The highest BCUT2D eigenvalue weighted by molar-refractivity contribution is 9.10. The van der Waals surface area contributed by atoms with Crippen LogP contribution in [0.1, 0.15) is 12.8 Å². The first-order valence-electron chi connectivity index (χ1n) is 7.71. The molecule has 0 aromatic heterocycles. The van der Waals surface area contributed by atoms with Crippen molar-refractivity contribution < 1.29 is 19.5 Å². The van der Waals surface area contributed by atoms with Crippen LogP contribution in [0, 0.1) is 5.92 Å². The highest BCUT2D eigenvalue weighted by Crippen LogP contribution is 2.21. The largest absolute Gasteiger partial charge is 0.480 e. The van der Waals surface area contributed by atoms with E-state index in [2.05, 4.69) is 26.6 Å². The van der Waals surface area contributed by atoms with Crippen molar-refractivity contribution in [3.63, 3.8) is 0 Å². The smallest absolute Gasteiger partial charge is 0.322 e. The lowest BCUT2D eigenvalue weighted by atomic mass is 9.96. The Morgan fingerprint density at radius 2 is 1.96 bits per heavy atom. The van der Waals surface area contributed by atoms with E-state index in [0.29, 0.717) is 25.9 Å². The summed E-state index contributed by atoms with van der Waals surface area (Å²) in [6.45, 7) is 1.06. The number of hydrogen-bond donors (Lipinski definition) is 3. The molecule has 0 spiro atoms. The first-order valence-corrected chi connectivity index (χ1v) is 8.50. The lowest BCUT2D eigenvalue weighted by Gasteiger charge is -2.30. The third-order valence-electron chi connectivity index (χ3n) is 3.85. The summed E-state index contributed by atoms with van der Waals surface area (Å²) < 4.78 is 0.905. The number of carboxylic acids is 1. The number of likely N-dealkylation sites (tertiary alicyclic amines) is 1. The first kappa shape index (κ1) is 18.4. The van der Waals surface area contributed by atoms with Gasteiger partial charge in [-0.1, -0.05) is 22.0 Å². The van der Waals surface area contributed by atoms with Gasteiger partial charge in [0.2, 0.25) is 11.8 Å². The Labute approximate surface area is 148 Å². The van der Waals surface area contributed by atoms with Gasteiger partial charge < -0.3 is 15.7 Å². The summed E-state index contributed by atoms with van der Waals surface area (Å²) in [6, 6.07) is 7.44. The number of halogens is 1. The molecule has 8 heteroatoms. The molecule has 7 nitrogen and oxygen atoms in total. The minimum Gasteiger partial charge on any atom is -0.480 e. The summed E-state index contributed by atoms with van der Waals surface area (Å²) in [5, 5.41) is 13.8. The molecule has 1 heterocycles. The maximum atomic E-state index is 12.3. The summed E-state index contributed by atoms with van der Waals surface area (Å²) in [5.41, 5.74) is 0.754. The first-order chi connectivity index (χ1) is 11.4. The van der Waals surface area contributed by atoms with Gasteiger partial charge in [0.05, 0.1) is 6.54 Å². The molecule has 0 bridgehead atoms. The number of carbonyl (C=O) groups is 3. The quantitative estimate of drug-likeness (QED) is 0.671. The number of piperidine rings is 1. The van der Waals surface area contributed by atoms with Crippen molar-refractivity contribution in [1.82, 2.24) is 10.2 Å². The Balaban J connectivity index is 1.74. The molecule has 2 amide bonds. The molecule has 0 atom stereocenters. The highest BCUT2D eigenvalue weighted by atomic mass is 79.9. The van der Waals surface area contributed by atoms with E-state index in [1.807, 2.05) is 29.2 Å². The van der Waals surface area contributed by atoms with Gasteiger partial charge in [-0.15, -0.1) is 0 Å². The molecule has 3 N–H and O–H groups in total. The number of carboxylic acid groups (broad SMARTS) is 1. The van der Waals surface area contributed by atoms with Crippen LogP contribution in [0.25, 0.3) is 0 Å². The Bertz CT molecular complexity index is 615. The molecule has 1 aliphatic rings. The van der Waals surface area contributed by atoms with Gasteiger partial charge in [-0.05, 0) is 44.1 Å². The van der Waals surface area contributed by atoms with Gasteiger partial charge in [0, 0.05) is 16.1 Å². The van der Waals surface area contributed by atoms with Crippen molar-refractivity contribution in [1.29, 1.82) is 0 Å². The van der Waals surface area contributed by atoms with Crippen molar-refractivity contribution in [2.75, 3.05) is 31.5 Å². The van der Waals surface area contributed by atoms with Crippen LogP contribution in [0.5, 0.6) is 0 Å². The normalized spacial score (nSPS) is 15.7. The molecule has 24 heavy (non-hydrogen) atoms. The predicted molar refractivity (Wildman–Crippen MR) is 92.6 cm³/mol. The molecule has 1 aliphatic heterocycles. The van der Waals surface area contributed by atoms with Crippen molar-refractivity contribution in [2.24, 2.45) is 5.92 Å². The molecule has 0 saturated carbocycles. The maximum Gasteiger partial charge on any atom is 0.322 e. The molecule has 1 fully saturated rings. The van der Waals surface area contributed by atoms with E-state index in [-0.39, 0.29) is 30.8 Å². The van der Waals surface area contributed by atoms with Gasteiger partial charge in [-0.3, -0.25) is 19.3 Å². The third kappa shape index (κ3) is 5.93. The van der Waals surface area contributed by atoms with Gasteiger partial charge in [0.15, 0.2) is 0 Å². The number of hydrogen-bond acceptors (Lipinski definition) is 4. The summed E-state index contributed by atoms with van der Waals surface area (Å²) in [7, 11) is 0. The number of amides is 2. The minimum atomic E-state index is -1.06. The highest BCUT2D eigenvalue weighted by Gasteiger charge is 2.26. The number of carbonyl (C=O) groups excluding carboxylic acids is 2. The van der Waals surface area contributed by atoms with E-state index in [9.17, 15) is 14.4 Å². The molecule has 2 rings (SSSR count). The van der Waals surface area contributed by atoms with Gasteiger partial charge in [0.25, 0.3) is 0 Å². The van der Waals surface area contributed by atoms with Crippen LogP contribution in [0.15, 0.2) is 28.7 Å². The van der Waals surface area contributed by atoms with Gasteiger partial charge in [-0.25, -0.2) is 0 Å².